The summed E-state index contributed by atoms with van der Waals surface area (Å²) in [5.41, 5.74) is 2.06. The van der Waals surface area contributed by atoms with Crippen LogP contribution in [0.2, 0.25) is 0 Å². The first-order chi connectivity index (χ1) is 13.3. The Kier molecular flexibility index (Phi) is 6.15. The number of esters is 2. The van der Waals surface area contributed by atoms with Gasteiger partial charge in [0.15, 0.2) is 0 Å². The summed E-state index contributed by atoms with van der Waals surface area (Å²) in [4.78, 5) is 24.4. The lowest BCUT2D eigenvalue weighted by Gasteiger charge is -2.18. The number of carbonyl (C=O) groups is 2. The van der Waals surface area contributed by atoms with Crippen LogP contribution in [-0.4, -0.2) is 31.3 Å². The van der Waals surface area contributed by atoms with Crippen LogP contribution in [0.15, 0.2) is 48.5 Å². The molecule has 1 saturated heterocycles. The van der Waals surface area contributed by atoms with Crippen molar-refractivity contribution >= 4 is 11.9 Å². The molecule has 1 unspecified atom stereocenters. The molecule has 0 aromatic heterocycles. The van der Waals surface area contributed by atoms with E-state index in [0.29, 0.717) is 16.9 Å². The standard InChI is InChI=1S/C23H26O5/c1-23(2,3)18-10-6-17(7-11-18)22(25)28-19-12-8-16(9-13-19)21(24)27-15-20-5-4-14-26-20/h6-13,20H,4-5,14-15H2,1-3H3. The second-order valence-electron chi connectivity index (χ2n) is 7.97. The molecule has 1 heterocycles. The zero-order valence-corrected chi connectivity index (χ0v) is 16.6. The molecule has 0 spiro atoms. The minimum atomic E-state index is -0.436. The molecule has 1 fully saturated rings. The number of hydrogen-bond donors (Lipinski definition) is 0. The van der Waals surface area contributed by atoms with Crippen LogP contribution in [0.4, 0.5) is 0 Å². The van der Waals surface area contributed by atoms with Gasteiger partial charge < -0.3 is 14.2 Å². The molecule has 1 aliphatic rings. The number of hydrogen-bond acceptors (Lipinski definition) is 5. The second-order valence-corrected chi connectivity index (χ2v) is 7.97. The van der Waals surface area contributed by atoms with Gasteiger partial charge >= 0.3 is 11.9 Å². The molecule has 148 valence electrons. The van der Waals surface area contributed by atoms with Gasteiger partial charge in [0, 0.05) is 6.61 Å². The largest absolute Gasteiger partial charge is 0.459 e. The van der Waals surface area contributed by atoms with E-state index in [9.17, 15) is 9.59 Å². The maximum atomic E-state index is 12.3. The van der Waals surface area contributed by atoms with Gasteiger partial charge in [-0.1, -0.05) is 32.9 Å². The molecule has 5 heteroatoms. The van der Waals surface area contributed by atoms with Gasteiger partial charge in [-0.3, -0.25) is 0 Å². The average molecular weight is 382 g/mol. The number of benzene rings is 2. The van der Waals surface area contributed by atoms with Crippen molar-refractivity contribution in [1.82, 2.24) is 0 Å². The Morgan fingerprint density at radius 3 is 2.14 bits per heavy atom. The van der Waals surface area contributed by atoms with E-state index in [4.69, 9.17) is 14.2 Å². The van der Waals surface area contributed by atoms with Gasteiger partial charge in [-0.2, -0.15) is 0 Å². The van der Waals surface area contributed by atoms with Crippen LogP contribution >= 0.6 is 0 Å². The van der Waals surface area contributed by atoms with Crippen LogP contribution in [0.5, 0.6) is 5.75 Å². The third-order valence-corrected chi connectivity index (χ3v) is 4.71. The molecular weight excluding hydrogens is 356 g/mol. The lowest BCUT2D eigenvalue weighted by atomic mass is 9.87. The Morgan fingerprint density at radius 2 is 1.57 bits per heavy atom. The van der Waals surface area contributed by atoms with E-state index in [1.165, 1.54) is 0 Å². The van der Waals surface area contributed by atoms with Crippen LogP contribution in [0.3, 0.4) is 0 Å². The predicted octanol–water partition coefficient (Wildman–Crippen LogP) is 4.54. The van der Waals surface area contributed by atoms with Gasteiger partial charge in [-0.25, -0.2) is 9.59 Å². The summed E-state index contributed by atoms with van der Waals surface area (Å²) in [6, 6.07) is 13.7. The maximum Gasteiger partial charge on any atom is 0.343 e. The third-order valence-electron chi connectivity index (χ3n) is 4.71. The van der Waals surface area contributed by atoms with Crippen molar-refractivity contribution in [3.8, 4) is 5.75 Å². The SMILES string of the molecule is CC(C)(C)c1ccc(C(=O)Oc2ccc(C(=O)OCC3CCCO3)cc2)cc1. The van der Waals surface area contributed by atoms with Crippen LogP contribution in [-0.2, 0) is 14.9 Å². The zero-order chi connectivity index (χ0) is 20.1. The van der Waals surface area contributed by atoms with Crippen molar-refractivity contribution in [2.24, 2.45) is 0 Å². The van der Waals surface area contributed by atoms with Crippen molar-refractivity contribution in [3.05, 3.63) is 65.2 Å². The topological polar surface area (TPSA) is 61.8 Å². The number of carbonyl (C=O) groups excluding carboxylic acids is 2. The first kappa shape index (κ1) is 20.1. The van der Waals surface area contributed by atoms with E-state index in [-0.39, 0.29) is 18.1 Å². The molecule has 0 N–H and O–H groups in total. The van der Waals surface area contributed by atoms with E-state index in [1.54, 1.807) is 36.4 Å². The van der Waals surface area contributed by atoms with E-state index < -0.39 is 11.9 Å². The second kappa shape index (κ2) is 8.57. The normalized spacial score (nSPS) is 16.6. The molecule has 1 aliphatic heterocycles. The summed E-state index contributed by atoms with van der Waals surface area (Å²) in [5, 5.41) is 0. The summed E-state index contributed by atoms with van der Waals surface area (Å²) in [6.45, 7) is 7.34. The van der Waals surface area contributed by atoms with Gasteiger partial charge in [-0.05, 0) is 60.2 Å². The van der Waals surface area contributed by atoms with Crippen molar-refractivity contribution in [2.75, 3.05) is 13.2 Å². The summed E-state index contributed by atoms with van der Waals surface area (Å²) in [7, 11) is 0. The molecule has 2 aromatic carbocycles. The fraction of sp³-hybridized carbons (Fsp3) is 0.391. The molecule has 0 bridgehead atoms. The molecule has 0 radical (unpaired) electrons. The molecule has 0 aliphatic carbocycles. The fourth-order valence-corrected chi connectivity index (χ4v) is 2.96. The Morgan fingerprint density at radius 1 is 0.964 bits per heavy atom. The Hall–Kier alpha value is -2.66. The minimum absolute atomic E-state index is 0.00569. The van der Waals surface area contributed by atoms with Gasteiger partial charge in [0.2, 0.25) is 0 Å². The van der Waals surface area contributed by atoms with Crippen molar-refractivity contribution in [2.45, 2.75) is 45.1 Å². The highest BCUT2D eigenvalue weighted by Gasteiger charge is 2.18. The van der Waals surface area contributed by atoms with Crippen molar-refractivity contribution in [1.29, 1.82) is 0 Å². The lowest BCUT2D eigenvalue weighted by Crippen LogP contribution is -2.17. The fourth-order valence-electron chi connectivity index (χ4n) is 2.96. The van der Waals surface area contributed by atoms with Crippen LogP contribution < -0.4 is 4.74 Å². The number of ether oxygens (including phenoxy) is 3. The number of rotatable bonds is 5. The Bertz CT molecular complexity index is 810. The molecule has 5 nitrogen and oxygen atoms in total. The molecule has 28 heavy (non-hydrogen) atoms. The van der Waals surface area contributed by atoms with Crippen LogP contribution in [0, 0.1) is 0 Å². The third kappa shape index (κ3) is 5.20. The van der Waals surface area contributed by atoms with Crippen molar-refractivity contribution in [3.63, 3.8) is 0 Å². The van der Waals surface area contributed by atoms with E-state index in [2.05, 4.69) is 20.8 Å². The van der Waals surface area contributed by atoms with E-state index in [1.807, 2.05) is 12.1 Å². The molecule has 1 atom stereocenters. The quantitative estimate of drug-likeness (QED) is 0.561. The molecule has 0 amide bonds. The van der Waals surface area contributed by atoms with Gasteiger partial charge in [0.25, 0.3) is 0 Å². The van der Waals surface area contributed by atoms with Crippen molar-refractivity contribution < 1.29 is 23.8 Å². The smallest absolute Gasteiger partial charge is 0.343 e. The first-order valence-corrected chi connectivity index (χ1v) is 9.54. The highest BCUT2D eigenvalue weighted by Crippen LogP contribution is 2.23. The lowest BCUT2D eigenvalue weighted by molar-refractivity contribution is 0.0161. The highest BCUT2D eigenvalue weighted by atomic mass is 16.6. The Balaban J connectivity index is 1.55. The molecular formula is C23H26O5. The summed E-state index contributed by atoms with van der Waals surface area (Å²) in [5.74, 6) is -0.471. The molecule has 2 aromatic rings. The Labute approximate surface area is 165 Å². The van der Waals surface area contributed by atoms with E-state index in [0.717, 1.165) is 25.0 Å². The van der Waals surface area contributed by atoms with Crippen LogP contribution in [0.1, 0.15) is 59.9 Å². The van der Waals surface area contributed by atoms with Gasteiger partial charge in [0.1, 0.15) is 12.4 Å². The average Bonchev–Trinajstić information content (AvgIpc) is 3.20. The molecule has 3 rings (SSSR count). The highest BCUT2D eigenvalue weighted by molar-refractivity contribution is 5.92. The first-order valence-electron chi connectivity index (χ1n) is 9.54. The summed E-state index contributed by atoms with van der Waals surface area (Å²) in [6.07, 6.45) is 1.91. The van der Waals surface area contributed by atoms with E-state index >= 15 is 0 Å². The van der Waals surface area contributed by atoms with Gasteiger partial charge in [0.05, 0.1) is 17.2 Å². The van der Waals surface area contributed by atoms with Gasteiger partial charge in [-0.15, -0.1) is 0 Å². The maximum absolute atomic E-state index is 12.3. The molecule has 0 saturated carbocycles. The monoisotopic (exact) mass is 382 g/mol. The summed E-state index contributed by atoms with van der Waals surface area (Å²) < 4.78 is 16.1. The predicted molar refractivity (Wildman–Crippen MR) is 106 cm³/mol. The van der Waals surface area contributed by atoms with Crippen LogP contribution in [0.25, 0.3) is 0 Å². The summed E-state index contributed by atoms with van der Waals surface area (Å²) >= 11 is 0. The minimum Gasteiger partial charge on any atom is -0.459 e. The zero-order valence-electron chi connectivity index (χ0n) is 16.6.